The van der Waals surface area contributed by atoms with E-state index in [-0.39, 0.29) is 5.75 Å². The third kappa shape index (κ3) is 1.51. The lowest BCUT2D eigenvalue weighted by molar-refractivity contribution is 0.373. The van der Waals surface area contributed by atoms with Crippen molar-refractivity contribution < 1.29 is 9.84 Å². The average molecular weight is 192 g/mol. The molecule has 0 saturated carbocycles. The number of methoxy groups -OCH3 is 1. The lowest BCUT2D eigenvalue weighted by Gasteiger charge is -2.06. The van der Waals surface area contributed by atoms with E-state index < -0.39 is 0 Å². The van der Waals surface area contributed by atoms with Gasteiger partial charge >= 0.3 is 0 Å². The Labute approximate surface area is 82.2 Å². The summed E-state index contributed by atoms with van der Waals surface area (Å²) in [5.41, 5.74) is 0.890. The summed E-state index contributed by atoms with van der Waals surface area (Å²) in [6.45, 7) is 1.66. The van der Waals surface area contributed by atoms with Crippen LogP contribution in [0.15, 0.2) is 23.2 Å². The van der Waals surface area contributed by atoms with Crippen LogP contribution in [-0.2, 0) is 0 Å². The zero-order valence-corrected chi connectivity index (χ0v) is 7.95. The van der Waals surface area contributed by atoms with Crippen molar-refractivity contribution in [2.75, 3.05) is 20.2 Å². The molecule has 0 radical (unpaired) electrons. The maximum absolute atomic E-state index is 9.54. The quantitative estimate of drug-likeness (QED) is 0.727. The highest BCUT2D eigenvalue weighted by molar-refractivity contribution is 6.00. The first-order valence-corrected chi connectivity index (χ1v) is 4.47. The molecular weight excluding hydrogens is 180 g/mol. The van der Waals surface area contributed by atoms with Crippen molar-refractivity contribution in [2.24, 2.45) is 4.99 Å². The third-order valence-corrected chi connectivity index (χ3v) is 2.13. The van der Waals surface area contributed by atoms with Gasteiger partial charge in [-0.05, 0) is 18.2 Å². The molecule has 0 aliphatic carbocycles. The molecule has 1 heterocycles. The Morgan fingerprint density at radius 3 is 2.93 bits per heavy atom. The Balaban J connectivity index is 2.32. The standard InChI is InChI=1S/C10H12N2O2/c1-14-9-3-2-7(6-8(9)13)10-11-4-5-12-10/h2-3,6,13H,4-5H2,1H3,(H,11,12). The fraction of sp³-hybridized carbons (Fsp3) is 0.300. The van der Waals surface area contributed by atoms with Crippen LogP contribution in [0.1, 0.15) is 5.56 Å². The van der Waals surface area contributed by atoms with Crippen molar-refractivity contribution in [1.82, 2.24) is 5.32 Å². The minimum absolute atomic E-state index is 0.140. The summed E-state index contributed by atoms with van der Waals surface area (Å²) < 4.78 is 4.95. The molecule has 0 unspecified atom stereocenters. The van der Waals surface area contributed by atoms with Crippen LogP contribution in [0.5, 0.6) is 11.5 Å². The first kappa shape index (κ1) is 8.87. The predicted molar refractivity (Wildman–Crippen MR) is 54.1 cm³/mol. The van der Waals surface area contributed by atoms with Crippen LogP contribution in [0.4, 0.5) is 0 Å². The average Bonchev–Trinajstić information content (AvgIpc) is 2.70. The number of ether oxygens (including phenoxy) is 1. The number of nitrogens with one attached hydrogen (secondary N) is 1. The van der Waals surface area contributed by atoms with Crippen molar-refractivity contribution >= 4 is 5.84 Å². The van der Waals surface area contributed by atoms with Gasteiger partial charge in [-0.25, -0.2) is 0 Å². The van der Waals surface area contributed by atoms with Crippen LogP contribution in [0, 0.1) is 0 Å². The number of hydrogen-bond donors (Lipinski definition) is 2. The fourth-order valence-electron chi connectivity index (χ4n) is 1.43. The summed E-state index contributed by atoms with van der Waals surface area (Å²) in [5, 5.41) is 12.7. The number of phenols is 1. The molecule has 4 nitrogen and oxygen atoms in total. The number of nitrogens with zero attached hydrogens (tertiary/aromatic N) is 1. The van der Waals surface area contributed by atoms with E-state index in [9.17, 15) is 5.11 Å². The molecule has 4 heteroatoms. The number of aromatic hydroxyl groups is 1. The summed E-state index contributed by atoms with van der Waals surface area (Å²) in [7, 11) is 1.53. The number of amidine groups is 1. The molecule has 2 rings (SSSR count). The first-order chi connectivity index (χ1) is 6.81. The van der Waals surface area contributed by atoms with Gasteiger partial charge in [-0.1, -0.05) is 0 Å². The zero-order chi connectivity index (χ0) is 9.97. The van der Waals surface area contributed by atoms with Crippen LogP contribution in [0.3, 0.4) is 0 Å². The van der Waals surface area contributed by atoms with Gasteiger partial charge in [0.05, 0.1) is 13.7 Å². The van der Waals surface area contributed by atoms with Crippen LogP contribution in [-0.4, -0.2) is 31.1 Å². The molecule has 1 aliphatic rings. The maximum atomic E-state index is 9.54. The largest absolute Gasteiger partial charge is 0.504 e. The Hall–Kier alpha value is -1.71. The van der Waals surface area contributed by atoms with Gasteiger partial charge in [0.2, 0.25) is 0 Å². The maximum Gasteiger partial charge on any atom is 0.160 e. The summed E-state index contributed by atoms with van der Waals surface area (Å²) in [4.78, 5) is 4.26. The number of benzene rings is 1. The van der Waals surface area contributed by atoms with Gasteiger partial charge < -0.3 is 15.2 Å². The highest BCUT2D eigenvalue weighted by atomic mass is 16.5. The van der Waals surface area contributed by atoms with Crippen molar-refractivity contribution in [1.29, 1.82) is 0 Å². The third-order valence-electron chi connectivity index (χ3n) is 2.13. The molecule has 0 fully saturated rings. The van der Waals surface area contributed by atoms with Crippen LogP contribution >= 0.6 is 0 Å². The molecule has 74 valence electrons. The van der Waals surface area contributed by atoms with Crippen LogP contribution in [0.25, 0.3) is 0 Å². The minimum Gasteiger partial charge on any atom is -0.504 e. The van der Waals surface area contributed by atoms with Crippen molar-refractivity contribution in [3.05, 3.63) is 23.8 Å². The van der Waals surface area contributed by atoms with Gasteiger partial charge in [-0.3, -0.25) is 4.99 Å². The molecule has 0 bridgehead atoms. The number of hydrogen-bond acceptors (Lipinski definition) is 4. The molecule has 1 aromatic carbocycles. The summed E-state index contributed by atoms with van der Waals surface area (Å²) in [5.74, 6) is 1.46. The number of rotatable bonds is 2. The van der Waals surface area contributed by atoms with Gasteiger partial charge in [-0.2, -0.15) is 0 Å². The van der Waals surface area contributed by atoms with E-state index >= 15 is 0 Å². The van der Waals surface area contributed by atoms with E-state index in [2.05, 4.69) is 10.3 Å². The molecule has 0 amide bonds. The number of aliphatic imine (C=N–C) groups is 1. The van der Waals surface area contributed by atoms with Gasteiger partial charge in [-0.15, -0.1) is 0 Å². The van der Waals surface area contributed by atoms with Gasteiger partial charge in [0.15, 0.2) is 11.5 Å². The Bertz CT molecular complexity index is 374. The first-order valence-electron chi connectivity index (χ1n) is 4.47. The van der Waals surface area contributed by atoms with Gasteiger partial charge in [0.1, 0.15) is 5.84 Å². The molecule has 0 saturated heterocycles. The monoisotopic (exact) mass is 192 g/mol. The molecule has 1 aromatic rings. The van der Waals surface area contributed by atoms with E-state index in [0.717, 1.165) is 24.5 Å². The fourth-order valence-corrected chi connectivity index (χ4v) is 1.43. The second-order valence-corrected chi connectivity index (χ2v) is 3.04. The van der Waals surface area contributed by atoms with Crippen molar-refractivity contribution in [3.8, 4) is 11.5 Å². The second kappa shape index (κ2) is 3.57. The lowest BCUT2D eigenvalue weighted by Crippen LogP contribution is -2.19. The Morgan fingerprint density at radius 1 is 1.50 bits per heavy atom. The van der Waals surface area contributed by atoms with E-state index in [1.165, 1.54) is 7.11 Å². The predicted octanol–water partition coefficient (Wildman–Crippen LogP) is 0.751. The number of phenolic OH excluding ortho intramolecular Hbond substituents is 1. The molecular formula is C10H12N2O2. The normalized spacial score (nSPS) is 14.8. The topological polar surface area (TPSA) is 53.8 Å². The minimum atomic E-state index is 0.140. The van der Waals surface area contributed by atoms with E-state index in [1.54, 1.807) is 12.1 Å². The molecule has 1 aliphatic heterocycles. The second-order valence-electron chi connectivity index (χ2n) is 3.04. The summed E-state index contributed by atoms with van der Waals surface area (Å²) in [6, 6.07) is 5.25. The molecule has 0 atom stereocenters. The van der Waals surface area contributed by atoms with E-state index in [4.69, 9.17) is 4.74 Å². The van der Waals surface area contributed by atoms with Gasteiger partial charge in [0, 0.05) is 12.1 Å². The Morgan fingerprint density at radius 2 is 2.36 bits per heavy atom. The highest BCUT2D eigenvalue weighted by Crippen LogP contribution is 2.26. The van der Waals surface area contributed by atoms with Crippen molar-refractivity contribution in [3.63, 3.8) is 0 Å². The Kier molecular flexibility index (Phi) is 2.26. The molecule has 2 N–H and O–H groups in total. The van der Waals surface area contributed by atoms with Gasteiger partial charge in [0.25, 0.3) is 0 Å². The van der Waals surface area contributed by atoms with Crippen LogP contribution in [0.2, 0.25) is 0 Å². The lowest BCUT2D eigenvalue weighted by atomic mass is 10.2. The molecule has 0 aromatic heterocycles. The highest BCUT2D eigenvalue weighted by Gasteiger charge is 2.10. The molecule has 14 heavy (non-hydrogen) atoms. The van der Waals surface area contributed by atoms with Crippen molar-refractivity contribution in [2.45, 2.75) is 0 Å². The smallest absolute Gasteiger partial charge is 0.160 e. The van der Waals surface area contributed by atoms with E-state index in [0.29, 0.717) is 5.75 Å². The van der Waals surface area contributed by atoms with Crippen LogP contribution < -0.4 is 10.1 Å². The SMILES string of the molecule is COc1ccc(C2=NCCN2)cc1O. The molecule has 0 spiro atoms. The zero-order valence-electron chi connectivity index (χ0n) is 7.95. The summed E-state index contributed by atoms with van der Waals surface area (Å²) >= 11 is 0. The summed E-state index contributed by atoms with van der Waals surface area (Å²) in [6.07, 6.45) is 0. The van der Waals surface area contributed by atoms with E-state index in [1.807, 2.05) is 6.07 Å².